The number of nitro groups is 1. The first kappa shape index (κ1) is 32.9. The molecule has 0 aromatic heterocycles. The van der Waals surface area contributed by atoms with Gasteiger partial charge in [-0.05, 0) is 50.7 Å². The summed E-state index contributed by atoms with van der Waals surface area (Å²) in [6.45, 7) is 9.22. The zero-order valence-corrected chi connectivity index (χ0v) is 28.8. The summed E-state index contributed by atoms with van der Waals surface area (Å²) in [5.74, 6) is 0. The van der Waals surface area contributed by atoms with Crippen LogP contribution in [0.2, 0.25) is 5.04 Å². The van der Waals surface area contributed by atoms with Gasteiger partial charge in [0.15, 0.2) is 6.10 Å². The average Bonchev–Trinajstić information content (AvgIpc) is 3.41. The van der Waals surface area contributed by atoms with Gasteiger partial charge in [-0.2, -0.15) is 0 Å². The number of nitrogens with zero attached hydrogens (tertiary/aromatic N) is 2. The van der Waals surface area contributed by atoms with Crippen LogP contribution in [0.4, 0.5) is 10.5 Å². The van der Waals surface area contributed by atoms with E-state index in [0.29, 0.717) is 12.1 Å². The topological polar surface area (TPSA) is 81.9 Å². The van der Waals surface area contributed by atoms with Gasteiger partial charge < -0.3 is 14.1 Å². The summed E-state index contributed by atoms with van der Waals surface area (Å²) in [4.78, 5) is 26.9. The van der Waals surface area contributed by atoms with Crippen molar-refractivity contribution < 1.29 is 18.9 Å². The highest BCUT2D eigenvalue weighted by Crippen LogP contribution is 2.45. The van der Waals surface area contributed by atoms with Gasteiger partial charge in [0, 0.05) is 36.3 Å². The Kier molecular flexibility index (Phi) is 9.30. The molecule has 0 spiro atoms. The van der Waals surface area contributed by atoms with E-state index in [1.165, 1.54) is 6.07 Å². The largest absolute Gasteiger partial charge is 0.436 e. The second kappa shape index (κ2) is 13.6. The lowest BCUT2D eigenvalue weighted by Crippen LogP contribution is -2.66. The first-order chi connectivity index (χ1) is 23.1. The van der Waals surface area contributed by atoms with Crippen molar-refractivity contribution in [2.45, 2.75) is 52.0 Å². The van der Waals surface area contributed by atoms with Gasteiger partial charge in [0.05, 0.1) is 11.5 Å². The van der Waals surface area contributed by atoms with Gasteiger partial charge in [-0.3, -0.25) is 10.1 Å². The maximum Gasteiger partial charge on any atom is 0.411 e. The molecule has 0 fully saturated rings. The van der Waals surface area contributed by atoms with E-state index >= 15 is 0 Å². The van der Waals surface area contributed by atoms with E-state index in [0.717, 1.165) is 38.2 Å². The molecule has 0 heterocycles. The second-order valence-electron chi connectivity index (χ2n) is 13.1. The van der Waals surface area contributed by atoms with Gasteiger partial charge in [-0.1, -0.05) is 130 Å². The fraction of sp³-hybridized carbons (Fsp3) is 0.225. The van der Waals surface area contributed by atoms with E-state index in [1.54, 1.807) is 17.0 Å². The number of carbonyl (C=O) groups is 1. The average molecular weight is 657 g/mol. The van der Waals surface area contributed by atoms with Crippen molar-refractivity contribution in [3.8, 4) is 11.1 Å². The Morgan fingerprint density at radius 1 is 0.771 bits per heavy atom. The highest BCUT2D eigenvalue weighted by molar-refractivity contribution is 6.99. The lowest BCUT2D eigenvalue weighted by atomic mass is 10.1. The third-order valence-electron chi connectivity index (χ3n) is 9.26. The molecule has 0 saturated carbocycles. The number of fused-ring (bicyclic) bond motifs is 3. The van der Waals surface area contributed by atoms with E-state index in [4.69, 9.17) is 9.16 Å². The van der Waals surface area contributed by atoms with Gasteiger partial charge in [-0.15, -0.1) is 0 Å². The normalized spacial score (nSPS) is 12.7. The molecular formula is C40H40N2O5Si. The number of ether oxygens (including phenoxy) is 1. The number of hydrogen-bond donors (Lipinski definition) is 0. The van der Waals surface area contributed by atoms with E-state index in [2.05, 4.69) is 45.0 Å². The smallest absolute Gasteiger partial charge is 0.411 e. The first-order valence-electron chi connectivity index (χ1n) is 16.3. The molecule has 0 aliphatic heterocycles. The molecule has 7 nitrogen and oxygen atoms in total. The molecule has 0 atom stereocenters. The Balaban J connectivity index is 1.32. The van der Waals surface area contributed by atoms with Crippen LogP contribution >= 0.6 is 0 Å². The number of rotatable bonds is 10. The molecule has 1 amide bonds. The predicted octanol–water partition coefficient (Wildman–Crippen LogP) is 8.40. The molecule has 0 radical (unpaired) electrons. The van der Waals surface area contributed by atoms with Crippen molar-refractivity contribution in [2.24, 2.45) is 0 Å². The summed E-state index contributed by atoms with van der Waals surface area (Å²) in [5.41, 5.74) is 5.38. The van der Waals surface area contributed by atoms with Gasteiger partial charge in [-0.25, -0.2) is 4.79 Å². The highest BCUT2D eigenvalue weighted by Gasteiger charge is 2.50. The zero-order valence-electron chi connectivity index (χ0n) is 27.8. The summed E-state index contributed by atoms with van der Waals surface area (Å²) in [5, 5.41) is 13.9. The lowest BCUT2D eigenvalue weighted by molar-refractivity contribution is -0.384. The van der Waals surface area contributed by atoms with Crippen molar-refractivity contribution in [2.75, 3.05) is 6.54 Å². The third-order valence-corrected chi connectivity index (χ3v) is 14.2. The van der Waals surface area contributed by atoms with Crippen LogP contribution in [0.15, 0.2) is 127 Å². The minimum absolute atomic E-state index is 0.0396. The number of carbonyl (C=O) groups excluding carboxylic acids is 1. The van der Waals surface area contributed by atoms with Gasteiger partial charge in [0.2, 0.25) is 0 Å². The Hall–Kier alpha value is -5.05. The molecule has 1 aliphatic rings. The number of non-ortho nitro benzene ring substituents is 1. The van der Waals surface area contributed by atoms with Gasteiger partial charge in [0.25, 0.3) is 14.0 Å². The lowest BCUT2D eigenvalue weighted by Gasteiger charge is -2.43. The minimum atomic E-state index is -2.89. The Morgan fingerprint density at radius 3 is 1.79 bits per heavy atom. The quantitative estimate of drug-likeness (QED) is 0.0857. The first-order valence-corrected chi connectivity index (χ1v) is 18.2. The van der Waals surface area contributed by atoms with Crippen LogP contribution in [-0.2, 0) is 22.3 Å². The molecule has 0 saturated heterocycles. The fourth-order valence-electron chi connectivity index (χ4n) is 6.88. The fourth-order valence-corrected chi connectivity index (χ4v) is 11.4. The highest BCUT2D eigenvalue weighted by atomic mass is 28.4. The summed E-state index contributed by atoms with van der Waals surface area (Å²) < 4.78 is 13.4. The van der Waals surface area contributed by atoms with Crippen molar-refractivity contribution in [3.05, 3.63) is 160 Å². The SMILES string of the molecule is CCN(Cc1cc([N+](=O)[O-])ccc1CO[Si](c1ccccc1)(c1ccccc1)C(C)(C)C)C(=O)OC1c2ccccc2-c2ccccc21. The Morgan fingerprint density at radius 2 is 1.29 bits per heavy atom. The molecule has 6 rings (SSSR count). The molecule has 8 heteroatoms. The number of benzene rings is 5. The molecule has 244 valence electrons. The van der Waals surface area contributed by atoms with Crippen LogP contribution in [0.1, 0.15) is 56.1 Å². The molecule has 5 aromatic rings. The maximum atomic E-state index is 13.8. The van der Waals surface area contributed by atoms with E-state index < -0.39 is 25.4 Å². The molecule has 0 unspecified atom stereocenters. The summed E-state index contributed by atoms with van der Waals surface area (Å²) in [6.07, 6.45) is -1.03. The molecular weight excluding hydrogens is 617 g/mol. The summed E-state index contributed by atoms with van der Waals surface area (Å²) in [6, 6.07) is 41.5. The summed E-state index contributed by atoms with van der Waals surface area (Å²) >= 11 is 0. The van der Waals surface area contributed by atoms with Crippen molar-refractivity contribution in [3.63, 3.8) is 0 Å². The number of amides is 1. The van der Waals surface area contributed by atoms with Crippen LogP contribution in [0.5, 0.6) is 0 Å². The molecule has 0 bridgehead atoms. The van der Waals surface area contributed by atoms with Crippen molar-refractivity contribution in [1.29, 1.82) is 0 Å². The Labute approximate surface area is 283 Å². The van der Waals surface area contributed by atoms with E-state index in [9.17, 15) is 14.9 Å². The number of nitro benzene ring substituents is 1. The van der Waals surface area contributed by atoms with Crippen LogP contribution in [-0.4, -0.2) is 30.8 Å². The standard InChI is InChI=1S/C40H40N2O5Si/c1-5-41(39(43)47-38-36-22-14-12-20-34(36)35-21-13-15-23-37(35)38)27-30-26-31(42(44)45)25-24-29(30)28-46-48(40(2,3)4,32-16-8-6-9-17-32)33-18-10-7-11-19-33/h6-26,38H,5,27-28H2,1-4H3. The van der Waals surface area contributed by atoms with Crippen LogP contribution in [0.3, 0.4) is 0 Å². The second-order valence-corrected chi connectivity index (χ2v) is 17.4. The predicted molar refractivity (Wildman–Crippen MR) is 192 cm³/mol. The number of hydrogen-bond acceptors (Lipinski definition) is 5. The van der Waals surface area contributed by atoms with Gasteiger partial charge in [0.1, 0.15) is 0 Å². The van der Waals surface area contributed by atoms with Crippen molar-refractivity contribution >= 4 is 30.5 Å². The minimum Gasteiger partial charge on any atom is -0.436 e. The van der Waals surface area contributed by atoms with E-state index in [1.807, 2.05) is 91.9 Å². The Bertz CT molecular complexity index is 1840. The maximum absolute atomic E-state index is 13.8. The van der Waals surface area contributed by atoms with Crippen LogP contribution in [0.25, 0.3) is 11.1 Å². The monoisotopic (exact) mass is 656 g/mol. The third kappa shape index (κ3) is 6.17. The molecule has 48 heavy (non-hydrogen) atoms. The molecule has 1 aliphatic carbocycles. The molecule has 5 aromatic carbocycles. The van der Waals surface area contributed by atoms with E-state index in [-0.39, 0.29) is 23.9 Å². The van der Waals surface area contributed by atoms with Crippen molar-refractivity contribution in [1.82, 2.24) is 4.90 Å². The van der Waals surface area contributed by atoms with Crippen LogP contribution in [0, 0.1) is 10.1 Å². The summed E-state index contributed by atoms with van der Waals surface area (Å²) in [7, 11) is -2.89. The van der Waals surface area contributed by atoms with Crippen LogP contribution < -0.4 is 10.4 Å². The zero-order chi connectivity index (χ0) is 33.9. The molecule has 0 N–H and O–H groups in total. The van der Waals surface area contributed by atoms with Gasteiger partial charge >= 0.3 is 6.09 Å².